The number of carboxylic acid groups (broad SMARTS) is 1. The quantitative estimate of drug-likeness (QED) is 0.923. The smallest absolute Gasteiger partial charge is 0.318 e. The van der Waals surface area contributed by atoms with Crippen LogP contribution in [0.25, 0.3) is 0 Å². The van der Waals surface area contributed by atoms with Gasteiger partial charge in [-0.05, 0) is 39.0 Å². The standard InChI is InChI=1S/C12H15ClFNO4S/c1-12(2,3)15(7-11(16)17)20(18,19)10-5-4-8(13)6-9(10)14/h4-6H,7H2,1-3H3,(H,16,17). The van der Waals surface area contributed by atoms with Crippen LogP contribution >= 0.6 is 11.6 Å². The van der Waals surface area contributed by atoms with Gasteiger partial charge in [-0.3, -0.25) is 4.79 Å². The van der Waals surface area contributed by atoms with Gasteiger partial charge in [0, 0.05) is 10.6 Å². The van der Waals surface area contributed by atoms with Crippen LogP contribution in [-0.2, 0) is 14.8 Å². The zero-order chi connectivity index (χ0) is 15.7. The van der Waals surface area contributed by atoms with Crippen molar-refractivity contribution in [1.29, 1.82) is 0 Å². The number of halogens is 2. The third-order valence-corrected chi connectivity index (χ3v) is 4.87. The largest absolute Gasteiger partial charge is 0.480 e. The molecule has 0 radical (unpaired) electrons. The van der Waals surface area contributed by atoms with Crippen molar-refractivity contribution in [2.75, 3.05) is 6.54 Å². The fourth-order valence-corrected chi connectivity index (χ4v) is 3.55. The van der Waals surface area contributed by atoms with Gasteiger partial charge >= 0.3 is 5.97 Å². The van der Waals surface area contributed by atoms with Crippen LogP contribution in [0.3, 0.4) is 0 Å². The molecule has 0 aromatic heterocycles. The van der Waals surface area contributed by atoms with E-state index in [0.29, 0.717) is 0 Å². The van der Waals surface area contributed by atoms with Crippen LogP contribution in [0, 0.1) is 5.82 Å². The maximum Gasteiger partial charge on any atom is 0.318 e. The van der Waals surface area contributed by atoms with Crippen LogP contribution < -0.4 is 0 Å². The van der Waals surface area contributed by atoms with Crippen molar-refractivity contribution in [2.24, 2.45) is 0 Å². The average molecular weight is 324 g/mol. The van der Waals surface area contributed by atoms with Crippen LogP contribution in [0.1, 0.15) is 20.8 Å². The molecular formula is C12H15ClFNO4S. The summed E-state index contributed by atoms with van der Waals surface area (Å²) in [4.78, 5) is 10.3. The fourth-order valence-electron chi connectivity index (χ4n) is 1.61. The van der Waals surface area contributed by atoms with Crippen LogP contribution in [0.4, 0.5) is 4.39 Å². The van der Waals surface area contributed by atoms with E-state index in [9.17, 15) is 17.6 Å². The van der Waals surface area contributed by atoms with E-state index in [1.807, 2.05) is 0 Å². The van der Waals surface area contributed by atoms with Crippen LogP contribution in [-0.4, -0.2) is 35.9 Å². The second-order valence-electron chi connectivity index (χ2n) is 5.15. The first kappa shape index (κ1) is 16.9. The predicted octanol–water partition coefficient (Wildman–Crippen LogP) is 2.35. The predicted molar refractivity (Wildman–Crippen MR) is 72.7 cm³/mol. The Bertz CT molecular complexity index is 625. The Kier molecular flexibility index (Phi) is 4.78. The molecule has 1 rings (SSSR count). The number of hydrogen-bond acceptors (Lipinski definition) is 3. The number of carbonyl (C=O) groups is 1. The molecular weight excluding hydrogens is 309 g/mol. The van der Waals surface area contributed by atoms with Crippen LogP contribution in [0.5, 0.6) is 0 Å². The summed E-state index contributed by atoms with van der Waals surface area (Å²) in [5.41, 5.74) is -1.01. The molecule has 0 saturated heterocycles. The van der Waals surface area contributed by atoms with E-state index in [-0.39, 0.29) is 5.02 Å². The minimum atomic E-state index is -4.28. The SMILES string of the molecule is CC(C)(C)N(CC(=O)O)S(=O)(=O)c1ccc(Cl)cc1F. The second-order valence-corrected chi connectivity index (χ2v) is 7.42. The average Bonchev–Trinajstić information content (AvgIpc) is 2.23. The summed E-state index contributed by atoms with van der Waals surface area (Å²) < 4.78 is 39.4. The summed E-state index contributed by atoms with van der Waals surface area (Å²) in [6.07, 6.45) is 0. The van der Waals surface area contributed by atoms with Crippen molar-refractivity contribution in [3.05, 3.63) is 29.0 Å². The molecule has 1 aromatic rings. The van der Waals surface area contributed by atoms with E-state index in [1.54, 1.807) is 0 Å². The number of nitrogens with zero attached hydrogens (tertiary/aromatic N) is 1. The molecule has 0 aliphatic heterocycles. The molecule has 0 amide bonds. The Morgan fingerprint density at radius 1 is 1.40 bits per heavy atom. The van der Waals surface area contributed by atoms with Crippen LogP contribution in [0.2, 0.25) is 5.02 Å². The lowest BCUT2D eigenvalue weighted by Gasteiger charge is -2.33. The summed E-state index contributed by atoms with van der Waals surface area (Å²) >= 11 is 5.58. The summed E-state index contributed by atoms with van der Waals surface area (Å²) in [5, 5.41) is 8.91. The van der Waals surface area contributed by atoms with Gasteiger partial charge in [0.25, 0.3) is 0 Å². The molecule has 0 heterocycles. The number of sulfonamides is 1. The molecule has 5 nitrogen and oxygen atoms in total. The highest BCUT2D eigenvalue weighted by molar-refractivity contribution is 7.89. The van der Waals surface area contributed by atoms with Gasteiger partial charge in [-0.25, -0.2) is 12.8 Å². The fraction of sp³-hybridized carbons (Fsp3) is 0.417. The lowest BCUT2D eigenvalue weighted by atomic mass is 10.1. The first-order valence-corrected chi connectivity index (χ1v) is 7.48. The Labute approximate surface area is 122 Å². The normalized spacial score (nSPS) is 12.7. The van der Waals surface area contributed by atoms with E-state index >= 15 is 0 Å². The Hall–Kier alpha value is -1.18. The van der Waals surface area contributed by atoms with Crippen LogP contribution in [0.15, 0.2) is 23.1 Å². The van der Waals surface area contributed by atoms with Gasteiger partial charge in [0.1, 0.15) is 17.3 Å². The Balaban J connectivity index is 3.40. The molecule has 20 heavy (non-hydrogen) atoms. The Morgan fingerprint density at radius 3 is 2.35 bits per heavy atom. The molecule has 0 bridgehead atoms. The molecule has 8 heteroatoms. The highest BCUT2D eigenvalue weighted by Gasteiger charge is 2.37. The minimum Gasteiger partial charge on any atom is -0.480 e. The van der Waals surface area contributed by atoms with Gasteiger partial charge in [-0.15, -0.1) is 0 Å². The van der Waals surface area contributed by atoms with E-state index in [0.717, 1.165) is 16.4 Å². The van der Waals surface area contributed by atoms with E-state index < -0.39 is 38.8 Å². The third kappa shape index (κ3) is 3.68. The maximum atomic E-state index is 13.8. The molecule has 0 aliphatic carbocycles. The van der Waals surface area contributed by atoms with Gasteiger partial charge in [0.15, 0.2) is 0 Å². The van der Waals surface area contributed by atoms with E-state index in [2.05, 4.69) is 0 Å². The van der Waals surface area contributed by atoms with Crippen molar-refractivity contribution in [1.82, 2.24) is 4.31 Å². The van der Waals surface area contributed by atoms with Crippen molar-refractivity contribution in [3.63, 3.8) is 0 Å². The zero-order valence-electron chi connectivity index (χ0n) is 11.2. The number of rotatable bonds is 4. The summed E-state index contributed by atoms with van der Waals surface area (Å²) in [6, 6.07) is 3.13. The summed E-state index contributed by atoms with van der Waals surface area (Å²) in [5.74, 6) is -2.34. The number of carboxylic acids is 1. The molecule has 0 atom stereocenters. The molecule has 112 valence electrons. The van der Waals surface area contributed by atoms with Crippen molar-refractivity contribution < 1.29 is 22.7 Å². The highest BCUT2D eigenvalue weighted by Crippen LogP contribution is 2.27. The molecule has 1 aromatic carbocycles. The van der Waals surface area contributed by atoms with Gasteiger partial charge in [0.2, 0.25) is 10.0 Å². The number of aliphatic carboxylic acids is 1. The monoisotopic (exact) mass is 323 g/mol. The van der Waals surface area contributed by atoms with Gasteiger partial charge in [-0.2, -0.15) is 4.31 Å². The number of hydrogen-bond donors (Lipinski definition) is 1. The first-order valence-electron chi connectivity index (χ1n) is 5.66. The van der Waals surface area contributed by atoms with Gasteiger partial charge in [-0.1, -0.05) is 11.6 Å². The zero-order valence-corrected chi connectivity index (χ0v) is 12.8. The second kappa shape index (κ2) is 5.67. The molecule has 0 unspecified atom stereocenters. The van der Waals surface area contributed by atoms with Crippen molar-refractivity contribution >= 4 is 27.6 Å². The van der Waals surface area contributed by atoms with E-state index in [4.69, 9.17) is 16.7 Å². The lowest BCUT2D eigenvalue weighted by molar-refractivity contribution is -0.138. The maximum absolute atomic E-state index is 13.8. The molecule has 0 spiro atoms. The first-order chi connectivity index (χ1) is 8.96. The number of benzene rings is 1. The van der Waals surface area contributed by atoms with E-state index in [1.165, 1.54) is 26.8 Å². The summed E-state index contributed by atoms with van der Waals surface area (Å²) in [6.45, 7) is 3.83. The van der Waals surface area contributed by atoms with Crippen molar-refractivity contribution in [2.45, 2.75) is 31.2 Å². The van der Waals surface area contributed by atoms with Gasteiger partial charge in [0.05, 0.1) is 0 Å². The minimum absolute atomic E-state index is 0.0574. The van der Waals surface area contributed by atoms with Crippen molar-refractivity contribution in [3.8, 4) is 0 Å². The summed E-state index contributed by atoms with van der Waals surface area (Å²) in [7, 11) is -4.28. The lowest BCUT2D eigenvalue weighted by Crippen LogP contribution is -2.48. The molecule has 0 fully saturated rings. The molecule has 0 aliphatic rings. The highest BCUT2D eigenvalue weighted by atomic mass is 35.5. The topological polar surface area (TPSA) is 74.7 Å². The Morgan fingerprint density at radius 2 is 1.95 bits per heavy atom. The third-order valence-electron chi connectivity index (χ3n) is 2.49. The molecule has 1 N–H and O–H groups in total. The molecule has 0 saturated carbocycles. The van der Waals surface area contributed by atoms with Gasteiger partial charge < -0.3 is 5.11 Å².